The summed E-state index contributed by atoms with van der Waals surface area (Å²) in [4.78, 5) is 16.2. The maximum atomic E-state index is 11.5. The number of nitrogens with zero attached hydrogens (tertiary/aromatic N) is 2. The molecule has 0 radical (unpaired) electrons. The third-order valence-corrected chi connectivity index (χ3v) is 6.35. The van der Waals surface area contributed by atoms with Gasteiger partial charge >= 0.3 is 0 Å². The number of amides is 1. The van der Waals surface area contributed by atoms with E-state index in [9.17, 15) is 9.90 Å². The van der Waals surface area contributed by atoms with E-state index in [1.54, 1.807) is 0 Å². The molecule has 2 heterocycles. The van der Waals surface area contributed by atoms with Crippen LogP contribution in [0.25, 0.3) is 10.8 Å². The van der Waals surface area contributed by atoms with E-state index >= 15 is 0 Å². The van der Waals surface area contributed by atoms with Crippen molar-refractivity contribution < 1.29 is 14.6 Å². The number of β-amino-alcohol motifs (C(OH)–C–C–N with tert-alkyl or cyclic N) is 1. The standard InChI is InChI=1S/C26H29N3O3/c30-23(18-32-24-8-9-25-21(16-24)6-10-26(31)27-25)17-28-11-13-29(14-12-28)22-7-5-19-3-1-2-4-20(19)15-22/h1-5,7-9,15-16,23,30H,6,10-14,17-18H2,(H,27,31)/t23-/m1/s1. The summed E-state index contributed by atoms with van der Waals surface area (Å²) in [7, 11) is 0. The van der Waals surface area contributed by atoms with Gasteiger partial charge in [-0.15, -0.1) is 0 Å². The molecule has 3 aromatic carbocycles. The fourth-order valence-electron chi connectivity index (χ4n) is 4.55. The molecule has 166 valence electrons. The van der Waals surface area contributed by atoms with Gasteiger partial charge in [-0.3, -0.25) is 9.69 Å². The van der Waals surface area contributed by atoms with Crippen molar-refractivity contribution in [2.45, 2.75) is 18.9 Å². The Hall–Kier alpha value is -3.09. The van der Waals surface area contributed by atoms with Gasteiger partial charge in [0.2, 0.25) is 5.91 Å². The van der Waals surface area contributed by atoms with Gasteiger partial charge in [0.25, 0.3) is 0 Å². The summed E-state index contributed by atoms with van der Waals surface area (Å²) >= 11 is 0. The van der Waals surface area contributed by atoms with Crippen molar-refractivity contribution in [2.24, 2.45) is 0 Å². The molecule has 2 aliphatic rings. The molecule has 0 bridgehead atoms. The molecule has 5 rings (SSSR count). The minimum atomic E-state index is -0.544. The molecule has 0 spiro atoms. The molecule has 1 atom stereocenters. The molecule has 2 aliphatic heterocycles. The Labute approximate surface area is 188 Å². The largest absolute Gasteiger partial charge is 0.491 e. The van der Waals surface area contributed by atoms with Crippen LogP contribution in [0.5, 0.6) is 5.75 Å². The van der Waals surface area contributed by atoms with Crippen LogP contribution in [0.3, 0.4) is 0 Å². The van der Waals surface area contributed by atoms with E-state index in [4.69, 9.17) is 4.74 Å². The Bertz CT molecular complexity index is 1110. The predicted octanol–water partition coefficient (Wildman–Crippen LogP) is 3.29. The Morgan fingerprint density at radius 3 is 2.59 bits per heavy atom. The van der Waals surface area contributed by atoms with Gasteiger partial charge in [0.15, 0.2) is 0 Å². The number of hydrogen-bond acceptors (Lipinski definition) is 5. The van der Waals surface area contributed by atoms with Crippen LogP contribution in [0.4, 0.5) is 11.4 Å². The van der Waals surface area contributed by atoms with Crippen LogP contribution >= 0.6 is 0 Å². The summed E-state index contributed by atoms with van der Waals surface area (Å²) in [6.07, 6.45) is 0.685. The van der Waals surface area contributed by atoms with E-state index in [2.05, 4.69) is 57.6 Å². The van der Waals surface area contributed by atoms with Crippen LogP contribution in [-0.4, -0.2) is 61.3 Å². The zero-order valence-corrected chi connectivity index (χ0v) is 18.2. The molecule has 1 fully saturated rings. The molecular formula is C26H29N3O3. The van der Waals surface area contributed by atoms with Crippen LogP contribution in [0.2, 0.25) is 0 Å². The minimum Gasteiger partial charge on any atom is -0.491 e. The highest BCUT2D eigenvalue weighted by molar-refractivity contribution is 5.94. The van der Waals surface area contributed by atoms with Gasteiger partial charge < -0.3 is 20.1 Å². The molecule has 0 aliphatic carbocycles. The molecule has 0 aromatic heterocycles. The SMILES string of the molecule is O=C1CCc2cc(OC[C@H](O)CN3CCN(c4ccc5ccccc5c4)CC3)ccc2N1. The van der Waals surface area contributed by atoms with Crippen molar-refractivity contribution in [3.05, 3.63) is 66.2 Å². The number of aliphatic hydroxyl groups is 1. The number of benzene rings is 3. The third-order valence-electron chi connectivity index (χ3n) is 6.35. The first-order valence-electron chi connectivity index (χ1n) is 11.3. The summed E-state index contributed by atoms with van der Waals surface area (Å²) in [5, 5.41) is 15.9. The van der Waals surface area contributed by atoms with E-state index in [1.807, 2.05) is 18.2 Å². The van der Waals surface area contributed by atoms with Crippen LogP contribution in [-0.2, 0) is 11.2 Å². The van der Waals surface area contributed by atoms with Crippen LogP contribution < -0.4 is 15.0 Å². The normalized spacial score (nSPS) is 17.7. The monoisotopic (exact) mass is 431 g/mol. The van der Waals surface area contributed by atoms with Crippen molar-refractivity contribution in [1.82, 2.24) is 4.90 Å². The van der Waals surface area contributed by atoms with Crippen molar-refractivity contribution in [3.8, 4) is 5.75 Å². The smallest absolute Gasteiger partial charge is 0.224 e. The Morgan fingerprint density at radius 1 is 0.938 bits per heavy atom. The first-order valence-corrected chi connectivity index (χ1v) is 11.3. The molecule has 32 heavy (non-hydrogen) atoms. The van der Waals surface area contributed by atoms with Crippen molar-refractivity contribution in [2.75, 3.05) is 49.5 Å². The Morgan fingerprint density at radius 2 is 1.75 bits per heavy atom. The second kappa shape index (κ2) is 9.18. The number of aryl methyl sites for hydroxylation is 1. The zero-order chi connectivity index (χ0) is 21.9. The molecule has 0 unspecified atom stereocenters. The molecule has 1 amide bonds. The fourth-order valence-corrected chi connectivity index (χ4v) is 4.55. The second-order valence-corrected chi connectivity index (χ2v) is 8.65. The van der Waals surface area contributed by atoms with E-state index in [0.29, 0.717) is 13.0 Å². The maximum Gasteiger partial charge on any atom is 0.224 e. The average Bonchev–Trinajstić information content (AvgIpc) is 2.83. The lowest BCUT2D eigenvalue weighted by Gasteiger charge is -2.37. The molecule has 6 nitrogen and oxygen atoms in total. The summed E-state index contributed by atoms with van der Waals surface area (Å²) in [5.74, 6) is 0.794. The number of rotatable bonds is 6. The first kappa shape index (κ1) is 20.8. The number of hydrogen-bond donors (Lipinski definition) is 2. The fraction of sp³-hybridized carbons (Fsp3) is 0.346. The number of anilines is 2. The molecule has 2 N–H and O–H groups in total. The zero-order valence-electron chi connectivity index (χ0n) is 18.2. The van der Waals surface area contributed by atoms with Crippen LogP contribution in [0, 0.1) is 0 Å². The lowest BCUT2D eigenvalue weighted by Crippen LogP contribution is -2.49. The highest BCUT2D eigenvalue weighted by Crippen LogP contribution is 2.27. The van der Waals surface area contributed by atoms with Crippen molar-refractivity contribution in [1.29, 1.82) is 0 Å². The Balaban J connectivity index is 1.10. The van der Waals surface area contributed by atoms with Gasteiger partial charge in [0, 0.05) is 50.5 Å². The van der Waals surface area contributed by atoms with Gasteiger partial charge in [-0.25, -0.2) is 0 Å². The topological polar surface area (TPSA) is 65.0 Å². The number of aliphatic hydroxyl groups excluding tert-OH is 1. The predicted molar refractivity (Wildman–Crippen MR) is 127 cm³/mol. The lowest BCUT2D eigenvalue weighted by atomic mass is 10.0. The Kier molecular flexibility index (Phi) is 5.97. The van der Waals surface area contributed by atoms with E-state index in [1.165, 1.54) is 16.5 Å². The molecule has 1 saturated heterocycles. The van der Waals surface area contributed by atoms with Gasteiger partial charge in [-0.05, 0) is 53.1 Å². The maximum absolute atomic E-state index is 11.5. The van der Waals surface area contributed by atoms with Gasteiger partial charge in [-0.1, -0.05) is 30.3 Å². The third kappa shape index (κ3) is 4.71. The van der Waals surface area contributed by atoms with Crippen LogP contribution in [0.1, 0.15) is 12.0 Å². The number of piperazine rings is 1. The van der Waals surface area contributed by atoms with Crippen LogP contribution in [0.15, 0.2) is 60.7 Å². The molecule has 0 saturated carbocycles. The van der Waals surface area contributed by atoms with Gasteiger partial charge in [-0.2, -0.15) is 0 Å². The summed E-state index contributed by atoms with van der Waals surface area (Å²) in [5.41, 5.74) is 3.20. The summed E-state index contributed by atoms with van der Waals surface area (Å²) in [6.45, 7) is 4.60. The number of nitrogens with one attached hydrogen (secondary N) is 1. The highest BCUT2D eigenvalue weighted by Gasteiger charge is 2.20. The van der Waals surface area contributed by atoms with Crippen molar-refractivity contribution >= 4 is 28.1 Å². The number of ether oxygens (including phenoxy) is 1. The highest BCUT2D eigenvalue weighted by atomic mass is 16.5. The lowest BCUT2D eigenvalue weighted by molar-refractivity contribution is -0.116. The van der Waals surface area contributed by atoms with E-state index in [-0.39, 0.29) is 12.5 Å². The van der Waals surface area contributed by atoms with Gasteiger partial charge in [0.1, 0.15) is 18.5 Å². The first-order chi connectivity index (χ1) is 15.6. The van der Waals surface area contributed by atoms with Gasteiger partial charge in [0.05, 0.1) is 0 Å². The number of fused-ring (bicyclic) bond motifs is 2. The van der Waals surface area contributed by atoms with E-state index < -0.39 is 6.10 Å². The second-order valence-electron chi connectivity index (χ2n) is 8.65. The van der Waals surface area contributed by atoms with Crippen molar-refractivity contribution in [3.63, 3.8) is 0 Å². The molecular weight excluding hydrogens is 402 g/mol. The average molecular weight is 432 g/mol. The summed E-state index contributed by atoms with van der Waals surface area (Å²) in [6, 6.07) is 20.8. The van der Waals surface area contributed by atoms with E-state index in [0.717, 1.165) is 49.6 Å². The molecule has 6 heteroatoms. The minimum absolute atomic E-state index is 0.0577. The number of carbonyl (C=O) groups is 1. The summed E-state index contributed by atoms with van der Waals surface area (Å²) < 4.78 is 5.83. The number of carbonyl (C=O) groups excluding carboxylic acids is 1. The quantitative estimate of drug-likeness (QED) is 0.627. The molecule has 3 aromatic rings.